The van der Waals surface area contributed by atoms with E-state index in [1.54, 1.807) is 4.90 Å². The number of fused-ring (bicyclic) bond motifs is 1. The Hall–Kier alpha value is -1.89. The molecule has 3 aliphatic heterocycles. The minimum atomic E-state index is -1.03. The van der Waals surface area contributed by atoms with Gasteiger partial charge in [-0.05, 0) is 46.5 Å². The topological polar surface area (TPSA) is 87.7 Å². The third-order valence-electron chi connectivity index (χ3n) is 7.25. The molecule has 164 valence electrons. The SMILES string of the molecule is CC(C)(C)NC(=O)[C@@H]1N(C2CC2)C(=O)[C@@H]2[C@H](C(=O)NC3CCCCC3)[C@H]3C=C[C@]21O3. The Morgan fingerprint density at radius 2 is 1.80 bits per heavy atom. The van der Waals surface area contributed by atoms with Crippen LogP contribution in [0.25, 0.3) is 0 Å². The van der Waals surface area contributed by atoms with Crippen LogP contribution >= 0.6 is 0 Å². The summed E-state index contributed by atoms with van der Waals surface area (Å²) in [5.74, 6) is -1.55. The van der Waals surface area contributed by atoms with Crippen molar-refractivity contribution in [2.45, 2.75) is 101 Å². The predicted octanol–water partition coefficient (Wildman–Crippen LogP) is 1.66. The number of nitrogens with one attached hydrogen (secondary N) is 2. The molecule has 5 atom stereocenters. The summed E-state index contributed by atoms with van der Waals surface area (Å²) in [6, 6.07) is -0.455. The van der Waals surface area contributed by atoms with E-state index in [1.165, 1.54) is 6.42 Å². The summed E-state index contributed by atoms with van der Waals surface area (Å²) in [5.41, 5.74) is -1.45. The zero-order valence-corrected chi connectivity index (χ0v) is 18.1. The van der Waals surface area contributed by atoms with Crippen LogP contribution in [0.2, 0.25) is 0 Å². The molecule has 4 fully saturated rings. The Morgan fingerprint density at radius 1 is 1.10 bits per heavy atom. The van der Waals surface area contributed by atoms with Crippen LogP contribution in [0.4, 0.5) is 0 Å². The number of rotatable bonds is 4. The first-order valence-corrected chi connectivity index (χ1v) is 11.5. The van der Waals surface area contributed by atoms with Crippen molar-refractivity contribution in [3.8, 4) is 0 Å². The van der Waals surface area contributed by atoms with E-state index in [1.807, 2.05) is 32.9 Å². The van der Waals surface area contributed by atoms with Crippen molar-refractivity contribution in [2.75, 3.05) is 0 Å². The maximum absolute atomic E-state index is 13.6. The predicted molar refractivity (Wildman–Crippen MR) is 110 cm³/mol. The van der Waals surface area contributed by atoms with Crippen molar-refractivity contribution in [1.82, 2.24) is 15.5 Å². The first-order valence-electron chi connectivity index (χ1n) is 11.5. The average Bonchev–Trinajstić information content (AvgIpc) is 3.26. The molecule has 3 heterocycles. The quantitative estimate of drug-likeness (QED) is 0.684. The first-order chi connectivity index (χ1) is 14.2. The van der Waals surface area contributed by atoms with E-state index < -0.39 is 35.1 Å². The van der Waals surface area contributed by atoms with Crippen LogP contribution in [0.5, 0.6) is 0 Å². The summed E-state index contributed by atoms with van der Waals surface area (Å²) in [7, 11) is 0. The summed E-state index contributed by atoms with van der Waals surface area (Å²) in [4.78, 5) is 42.0. The van der Waals surface area contributed by atoms with Gasteiger partial charge in [0.2, 0.25) is 17.7 Å². The normalized spacial score (nSPS) is 38.1. The van der Waals surface area contributed by atoms with Gasteiger partial charge in [-0.2, -0.15) is 0 Å². The van der Waals surface area contributed by atoms with E-state index in [4.69, 9.17) is 4.74 Å². The van der Waals surface area contributed by atoms with Crippen LogP contribution in [-0.4, -0.2) is 58.0 Å². The molecule has 0 aromatic heterocycles. The maximum atomic E-state index is 13.6. The summed E-state index contributed by atoms with van der Waals surface area (Å²) in [6.45, 7) is 5.80. The third-order valence-corrected chi connectivity index (χ3v) is 7.25. The molecule has 2 aliphatic carbocycles. The first kappa shape index (κ1) is 20.0. The van der Waals surface area contributed by atoms with Crippen LogP contribution in [0.15, 0.2) is 12.2 Å². The molecule has 30 heavy (non-hydrogen) atoms. The van der Waals surface area contributed by atoms with Crippen molar-refractivity contribution in [2.24, 2.45) is 11.8 Å². The van der Waals surface area contributed by atoms with Gasteiger partial charge >= 0.3 is 0 Å². The summed E-state index contributed by atoms with van der Waals surface area (Å²) < 4.78 is 6.34. The van der Waals surface area contributed by atoms with Gasteiger partial charge in [-0.15, -0.1) is 0 Å². The van der Waals surface area contributed by atoms with Gasteiger partial charge in [-0.3, -0.25) is 14.4 Å². The zero-order chi connectivity index (χ0) is 21.3. The molecule has 2 saturated carbocycles. The molecular weight excluding hydrogens is 382 g/mol. The number of hydrogen-bond acceptors (Lipinski definition) is 4. The van der Waals surface area contributed by atoms with Crippen molar-refractivity contribution in [3.05, 3.63) is 12.2 Å². The van der Waals surface area contributed by atoms with Crippen LogP contribution in [0.3, 0.4) is 0 Å². The van der Waals surface area contributed by atoms with Crippen LogP contribution in [0, 0.1) is 11.8 Å². The highest BCUT2D eigenvalue weighted by Crippen LogP contribution is 2.57. The molecule has 7 nitrogen and oxygen atoms in total. The molecule has 3 amide bonds. The number of ether oxygens (including phenoxy) is 1. The molecule has 7 heteroatoms. The summed E-state index contributed by atoms with van der Waals surface area (Å²) >= 11 is 0. The number of carbonyl (C=O) groups excluding carboxylic acids is 3. The lowest BCUT2D eigenvalue weighted by molar-refractivity contribution is -0.143. The van der Waals surface area contributed by atoms with Gasteiger partial charge in [0.15, 0.2) is 0 Å². The highest BCUT2D eigenvalue weighted by molar-refractivity contribution is 6.00. The van der Waals surface area contributed by atoms with E-state index in [0.29, 0.717) is 0 Å². The Bertz CT molecular complexity index is 793. The largest absolute Gasteiger partial charge is 0.359 e. The zero-order valence-electron chi connectivity index (χ0n) is 18.1. The monoisotopic (exact) mass is 415 g/mol. The van der Waals surface area contributed by atoms with Gasteiger partial charge < -0.3 is 20.3 Å². The standard InChI is InChI=1S/C23H33N3O4/c1-22(2,3)25-20(28)18-23-12-11-15(30-23)16(17(23)21(29)26(18)14-9-10-14)19(27)24-13-7-5-4-6-8-13/h11-18H,4-10H2,1-3H3,(H,24,27)(H,25,28)/t15-,16-,17+,18+,23+/m1/s1. The second-order valence-corrected chi connectivity index (χ2v) is 10.8. The minimum absolute atomic E-state index is 0.0753. The number of carbonyl (C=O) groups is 3. The minimum Gasteiger partial charge on any atom is -0.359 e. The summed E-state index contributed by atoms with van der Waals surface area (Å²) in [5, 5.41) is 6.24. The molecule has 0 radical (unpaired) electrons. The lowest BCUT2D eigenvalue weighted by Crippen LogP contribution is -2.58. The fraction of sp³-hybridized carbons (Fsp3) is 0.783. The van der Waals surface area contributed by atoms with Crippen LogP contribution in [-0.2, 0) is 19.1 Å². The number of hydrogen-bond donors (Lipinski definition) is 2. The van der Waals surface area contributed by atoms with E-state index in [9.17, 15) is 14.4 Å². The Balaban J connectivity index is 1.44. The molecule has 0 aromatic carbocycles. The van der Waals surface area contributed by atoms with Gasteiger partial charge in [0.25, 0.3) is 0 Å². The molecule has 2 bridgehead atoms. The fourth-order valence-electron chi connectivity index (χ4n) is 5.93. The fourth-order valence-corrected chi connectivity index (χ4v) is 5.93. The van der Waals surface area contributed by atoms with E-state index in [0.717, 1.165) is 38.5 Å². The lowest BCUT2D eigenvalue weighted by Gasteiger charge is -2.34. The van der Waals surface area contributed by atoms with Crippen molar-refractivity contribution in [1.29, 1.82) is 0 Å². The molecule has 5 aliphatic rings. The van der Waals surface area contributed by atoms with Gasteiger partial charge in [0.05, 0.1) is 17.9 Å². The van der Waals surface area contributed by atoms with Crippen LogP contribution in [0.1, 0.15) is 65.7 Å². The third kappa shape index (κ3) is 3.08. The number of nitrogens with zero attached hydrogens (tertiary/aromatic N) is 1. The molecule has 0 aromatic rings. The smallest absolute Gasteiger partial charge is 0.246 e. The Labute approximate surface area is 178 Å². The second kappa shape index (κ2) is 6.81. The van der Waals surface area contributed by atoms with Gasteiger partial charge in [-0.25, -0.2) is 0 Å². The molecule has 0 unspecified atom stereocenters. The Kier molecular flexibility index (Phi) is 4.55. The maximum Gasteiger partial charge on any atom is 0.246 e. The average molecular weight is 416 g/mol. The number of likely N-dealkylation sites (tertiary alicyclic amines) is 1. The van der Waals surface area contributed by atoms with E-state index in [-0.39, 0.29) is 29.8 Å². The van der Waals surface area contributed by atoms with Crippen molar-refractivity contribution < 1.29 is 19.1 Å². The van der Waals surface area contributed by atoms with Crippen molar-refractivity contribution >= 4 is 17.7 Å². The molecule has 5 rings (SSSR count). The van der Waals surface area contributed by atoms with Gasteiger partial charge in [0.1, 0.15) is 11.6 Å². The highest BCUT2D eigenvalue weighted by Gasteiger charge is 2.74. The molecular formula is C23H33N3O4. The lowest BCUT2D eigenvalue weighted by atomic mass is 9.74. The second-order valence-electron chi connectivity index (χ2n) is 10.8. The molecule has 2 saturated heterocycles. The molecule has 2 N–H and O–H groups in total. The van der Waals surface area contributed by atoms with Gasteiger partial charge in [-0.1, -0.05) is 31.4 Å². The van der Waals surface area contributed by atoms with E-state index in [2.05, 4.69) is 10.6 Å². The van der Waals surface area contributed by atoms with E-state index >= 15 is 0 Å². The summed E-state index contributed by atoms with van der Waals surface area (Å²) in [6.07, 6.45) is 10.6. The van der Waals surface area contributed by atoms with Gasteiger partial charge in [0, 0.05) is 17.6 Å². The number of amides is 3. The highest BCUT2D eigenvalue weighted by atomic mass is 16.5. The van der Waals surface area contributed by atoms with Crippen LogP contribution < -0.4 is 10.6 Å². The Morgan fingerprint density at radius 3 is 2.43 bits per heavy atom. The molecule has 1 spiro atoms. The van der Waals surface area contributed by atoms with Crippen molar-refractivity contribution in [3.63, 3.8) is 0 Å².